The predicted molar refractivity (Wildman–Crippen MR) is 92.4 cm³/mol. The zero-order chi connectivity index (χ0) is 17.8. The van der Waals surface area contributed by atoms with Crippen LogP contribution in [0.2, 0.25) is 0 Å². The third-order valence-corrected chi connectivity index (χ3v) is 4.19. The number of rotatable bonds is 7. The van der Waals surface area contributed by atoms with Crippen LogP contribution in [0.3, 0.4) is 0 Å². The molecule has 25 heavy (non-hydrogen) atoms. The number of benzene rings is 1. The van der Waals surface area contributed by atoms with Gasteiger partial charge in [-0.15, -0.1) is 0 Å². The van der Waals surface area contributed by atoms with Gasteiger partial charge >= 0.3 is 0 Å². The van der Waals surface area contributed by atoms with Crippen molar-refractivity contribution in [2.45, 2.75) is 25.3 Å². The number of carbonyl (C=O) groups is 1. The number of ether oxygens (including phenoxy) is 2. The van der Waals surface area contributed by atoms with E-state index >= 15 is 0 Å². The molecule has 3 rings (SSSR count). The van der Waals surface area contributed by atoms with Gasteiger partial charge in [-0.3, -0.25) is 14.2 Å². The van der Waals surface area contributed by atoms with Crippen LogP contribution in [0.1, 0.15) is 34.8 Å². The molecule has 0 atom stereocenters. The van der Waals surface area contributed by atoms with E-state index < -0.39 is 0 Å². The molecule has 1 saturated carbocycles. The fourth-order valence-electron chi connectivity index (χ4n) is 2.59. The van der Waals surface area contributed by atoms with Gasteiger partial charge in [-0.25, -0.2) is 4.98 Å². The highest BCUT2D eigenvalue weighted by Crippen LogP contribution is 2.38. The van der Waals surface area contributed by atoms with Gasteiger partial charge in [0.25, 0.3) is 11.5 Å². The molecule has 1 amide bonds. The highest BCUT2D eigenvalue weighted by atomic mass is 16.5. The summed E-state index contributed by atoms with van der Waals surface area (Å²) in [7, 11) is 3.04. The smallest absolute Gasteiger partial charge is 0.255 e. The SMILES string of the molecule is COc1ccc(OC)c(C(=O)NCCn2cnc(C3CC3)cc2=O)c1. The summed E-state index contributed by atoms with van der Waals surface area (Å²) in [5.74, 6) is 1.20. The van der Waals surface area contributed by atoms with E-state index in [9.17, 15) is 9.59 Å². The number of aromatic nitrogens is 2. The fraction of sp³-hybridized carbons (Fsp3) is 0.389. The summed E-state index contributed by atoms with van der Waals surface area (Å²) in [5.41, 5.74) is 1.16. The molecule has 0 saturated heterocycles. The number of carbonyl (C=O) groups excluding carboxylic acids is 1. The van der Waals surface area contributed by atoms with Crippen molar-refractivity contribution in [2.24, 2.45) is 0 Å². The zero-order valence-electron chi connectivity index (χ0n) is 14.3. The van der Waals surface area contributed by atoms with Crippen molar-refractivity contribution in [3.8, 4) is 11.5 Å². The molecule has 1 aliphatic rings. The summed E-state index contributed by atoms with van der Waals surface area (Å²) < 4.78 is 11.8. The van der Waals surface area contributed by atoms with Crippen LogP contribution < -0.4 is 20.3 Å². The van der Waals surface area contributed by atoms with Crippen LogP contribution in [-0.4, -0.2) is 36.2 Å². The van der Waals surface area contributed by atoms with E-state index in [-0.39, 0.29) is 11.5 Å². The maximum absolute atomic E-state index is 12.4. The van der Waals surface area contributed by atoms with E-state index in [0.717, 1.165) is 18.5 Å². The Morgan fingerprint density at radius 1 is 1.28 bits per heavy atom. The molecule has 7 heteroatoms. The molecule has 7 nitrogen and oxygen atoms in total. The van der Waals surface area contributed by atoms with Crippen molar-refractivity contribution in [1.82, 2.24) is 14.9 Å². The van der Waals surface area contributed by atoms with Crippen LogP contribution in [0.4, 0.5) is 0 Å². The topological polar surface area (TPSA) is 82.4 Å². The largest absolute Gasteiger partial charge is 0.497 e. The Morgan fingerprint density at radius 2 is 2.08 bits per heavy atom. The molecule has 1 aromatic heterocycles. The lowest BCUT2D eigenvalue weighted by Crippen LogP contribution is -2.31. The average molecular weight is 343 g/mol. The van der Waals surface area contributed by atoms with Crippen LogP contribution in [-0.2, 0) is 6.54 Å². The number of nitrogens with zero attached hydrogens (tertiary/aromatic N) is 2. The monoisotopic (exact) mass is 343 g/mol. The summed E-state index contributed by atoms with van der Waals surface area (Å²) >= 11 is 0. The third-order valence-electron chi connectivity index (χ3n) is 4.19. The van der Waals surface area contributed by atoms with E-state index in [1.807, 2.05) is 0 Å². The summed E-state index contributed by atoms with van der Waals surface area (Å²) in [6.07, 6.45) is 3.76. The third kappa shape index (κ3) is 3.99. The van der Waals surface area contributed by atoms with Gasteiger partial charge in [0.15, 0.2) is 0 Å². The lowest BCUT2D eigenvalue weighted by atomic mass is 10.1. The molecule has 1 heterocycles. The number of hydrogen-bond acceptors (Lipinski definition) is 5. The van der Waals surface area contributed by atoms with Gasteiger partial charge in [-0.2, -0.15) is 0 Å². The number of amides is 1. The molecule has 1 fully saturated rings. The Labute approximate surface area is 145 Å². The van der Waals surface area contributed by atoms with E-state index in [0.29, 0.717) is 36.1 Å². The Bertz CT molecular complexity index is 827. The molecule has 0 bridgehead atoms. The molecule has 0 radical (unpaired) electrons. The van der Waals surface area contributed by atoms with Crippen molar-refractivity contribution in [2.75, 3.05) is 20.8 Å². The van der Waals surface area contributed by atoms with Crippen molar-refractivity contribution < 1.29 is 14.3 Å². The molecule has 2 aromatic rings. The van der Waals surface area contributed by atoms with Gasteiger partial charge in [0.1, 0.15) is 11.5 Å². The molecular weight excluding hydrogens is 322 g/mol. The molecule has 0 spiro atoms. The summed E-state index contributed by atoms with van der Waals surface area (Å²) in [4.78, 5) is 28.8. The van der Waals surface area contributed by atoms with Gasteiger partial charge in [-0.1, -0.05) is 0 Å². The van der Waals surface area contributed by atoms with Crippen LogP contribution in [0.5, 0.6) is 11.5 Å². The minimum Gasteiger partial charge on any atom is -0.497 e. The number of nitrogens with one attached hydrogen (secondary N) is 1. The molecule has 1 aliphatic carbocycles. The zero-order valence-corrected chi connectivity index (χ0v) is 14.3. The number of methoxy groups -OCH3 is 2. The van der Waals surface area contributed by atoms with Crippen molar-refractivity contribution in [1.29, 1.82) is 0 Å². The van der Waals surface area contributed by atoms with E-state index in [2.05, 4.69) is 10.3 Å². The molecular formula is C18H21N3O4. The molecule has 132 valence electrons. The van der Waals surface area contributed by atoms with Crippen LogP contribution in [0.25, 0.3) is 0 Å². The summed E-state index contributed by atoms with van der Waals surface area (Å²) in [6, 6.07) is 6.61. The fourth-order valence-corrected chi connectivity index (χ4v) is 2.59. The highest BCUT2D eigenvalue weighted by Gasteiger charge is 2.25. The molecule has 0 aliphatic heterocycles. The van der Waals surface area contributed by atoms with Crippen molar-refractivity contribution >= 4 is 5.91 Å². The first kappa shape index (κ1) is 17.0. The quantitative estimate of drug-likeness (QED) is 0.825. The Balaban J connectivity index is 1.62. The number of hydrogen-bond donors (Lipinski definition) is 1. The van der Waals surface area contributed by atoms with E-state index in [1.165, 1.54) is 18.8 Å². The molecule has 0 unspecified atom stereocenters. The Kier molecular flexibility index (Phi) is 5.02. The Morgan fingerprint density at radius 3 is 2.72 bits per heavy atom. The maximum atomic E-state index is 12.4. The second-order valence-corrected chi connectivity index (χ2v) is 5.94. The van der Waals surface area contributed by atoms with Crippen molar-refractivity contribution in [3.63, 3.8) is 0 Å². The van der Waals surface area contributed by atoms with E-state index in [4.69, 9.17) is 9.47 Å². The maximum Gasteiger partial charge on any atom is 0.255 e. The minimum atomic E-state index is -0.286. The second-order valence-electron chi connectivity index (χ2n) is 5.94. The lowest BCUT2D eigenvalue weighted by molar-refractivity contribution is 0.0948. The van der Waals surface area contributed by atoms with Crippen LogP contribution >= 0.6 is 0 Å². The molecule has 1 N–H and O–H groups in total. The van der Waals surface area contributed by atoms with Crippen LogP contribution in [0.15, 0.2) is 35.4 Å². The van der Waals surface area contributed by atoms with Crippen LogP contribution in [0, 0.1) is 0 Å². The van der Waals surface area contributed by atoms with Gasteiger partial charge in [-0.05, 0) is 31.0 Å². The van der Waals surface area contributed by atoms with Gasteiger partial charge in [0, 0.05) is 25.1 Å². The van der Waals surface area contributed by atoms with Crippen molar-refractivity contribution in [3.05, 3.63) is 52.2 Å². The lowest BCUT2D eigenvalue weighted by Gasteiger charge is -2.11. The first-order valence-electron chi connectivity index (χ1n) is 8.19. The Hall–Kier alpha value is -2.83. The van der Waals surface area contributed by atoms with Gasteiger partial charge < -0.3 is 14.8 Å². The first-order chi connectivity index (χ1) is 12.1. The first-order valence-corrected chi connectivity index (χ1v) is 8.19. The van der Waals surface area contributed by atoms with Gasteiger partial charge in [0.2, 0.25) is 0 Å². The second kappa shape index (κ2) is 7.38. The normalized spacial score (nSPS) is 13.4. The summed E-state index contributed by atoms with van der Waals surface area (Å²) in [6.45, 7) is 0.665. The minimum absolute atomic E-state index is 0.0925. The van der Waals surface area contributed by atoms with E-state index in [1.54, 1.807) is 30.6 Å². The van der Waals surface area contributed by atoms with Gasteiger partial charge in [0.05, 0.1) is 31.8 Å². The highest BCUT2D eigenvalue weighted by molar-refractivity contribution is 5.97. The standard InChI is InChI=1S/C18H21N3O4/c1-24-13-5-6-16(25-2)14(9-13)18(23)19-7-8-21-11-20-15(10-17(21)22)12-3-4-12/h5-6,9-12H,3-4,7-8H2,1-2H3,(H,19,23). The molecule has 1 aromatic carbocycles. The predicted octanol–water partition coefficient (Wildman–Crippen LogP) is 1.57. The summed E-state index contributed by atoms with van der Waals surface area (Å²) in [5, 5.41) is 2.79. The average Bonchev–Trinajstić information content (AvgIpc) is 3.47.